The number of halogens is 1. The predicted molar refractivity (Wildman–Crippen MR) is 75.8 cm³/mol. The molecule has 1 aliphatic carbocycles. The van der Waals surface area contributed by atoms with Crippen LogP contribution in [0.1, 0.15) is 31.2 Å². The first-order valence-electron chi connectivity index (χ1n) is 6.90. The highest BCUT2D eigenvalue weighted by Crippen LogP contribution is 2.36. The van der Waals surface area contributed by atoms with Gasteiger partial charge in [-0.1, -0.05) is 28.1 Å². The second-order valence-corrected chi connectivity index (χ2v) is 6.16. The van der Waals surface area contributed by atoms with Crippen LogP contribution in [0.3, 0.4) is 0 Å². The number of benzene rings is 1. The topological polar surface area (TPSA) is 27.7 Å². The lowest BCUT2D eigenvalue weighted by Gasteiger charge is -2.35. The molecule has 1 saturated carbocycles. The van der Waals surface area contributed by atoms with Crippen molar-refractivity contribution in [3.63, 3.8) is 0 Å². The van der Waals surface area contributed by atoms with Crippen LogP contribution in [0.15, 0.2) is 28.7 Å². The van der Waals surface area contributed by atoms with Crippen LogP contribution in [-0.4, -0.2) is 25.1 Å². The molecule has 3 rings (SSSR count). The van der Waals surface area contributed by atoms with E-state index < -0.39 is 0 Å². The van der Waals surface area contributed by atoms with Crippen LogP contribution in [0.25, 0.3) is 0 Å². The standard InChI is InChI=1S/C15H19BrO3/c16-13-3-1-12(2-4-13)11-17-14-5-7-15(8-6-14)18-9-10-19-15/h1-4,14H,5-11H2. The summed E-state index contributed by atoms with van der Waals surface area (Å²) in [6.07, 6.45) is 4.30. The van der Waals surface area contributed by atoms with E-state index in [0.717, 1.165) is 43.4 Å². The van der Waals surface area contributed by atoms with Gasteiger partial charge in [0.2, 0.25) is 0 Å². The Balaban J connectivity index is 1.46. The number of rotatable bonds is 3. The van der Waals surface area contributed by atoms with E-state index in [9.17, 15) is 0 Å². The van der Waals surface area contributed by atoms with Gasteiger partial charge in [-0.05, 0) is 30.5 Å². The van der Waals surface area contributed by atoms with Gasteiger partial charge in [0, 0.05) is 17.3 Å². The summed E-state index contributed by atoms with van der Waals surface area (Å²) in [5, 5.41) is 0. The first-order chi connectivity index (χ1) is 9.26. The van der Waals surface area contributed by atoms with Crippen LogP contribution in [0.2, 0.25) is 0 Å². The average molecular weight is 327 g/mol. The van der Waals surface area contributed by atoms with E-state index in [2.05, 4.69) is 40.2 Å². The monoisotopic (exact) mass is 326 g/mol. The van der Waals surface area contributed by atoms with Gasteiger partial charge in [-0.2, -0.15) is 0 Å². The van der Waals surface area contributed by atoms with E-state index in [-0.39, 0.29) is 5.79 Å². The van der Waals surface area contributed by atoms with E-state index in [1.54, 1.807) is 0 Å². The molecule has 4 heteroatoms. The van der Waals surface area contributed by atoms with Crippen molar-refractivity contribution in [3.8, 4) is 0 Å². The van der Waals surface area contributed by atoms with Crippen LogP contribution in [0.5, 0.6) is 0 Å². The number of hydrogen-bond acceptors (Lipinski definition) is 3. The van der Waals surface area contributed by atoms with E-state index >= 15 is 0 Å². The zero-order valence-corrected chi connectivity index (χ0v) is 12.5. The van der Waals surface area contributed by atoms with Crippen LogP contribution in [0.4, 0.5) is 0 Å². The third-order valence-electron chi connectivity index (χ3n) is 3.91. The third kappa shape index (κ3) is 3.37. The van der Waals surface area contributed by atoms with Crippen molar-refractivity contribution in [2.75, 3.05) is 13.2 Å². The van der Waals surface area contributed by atoms with Crippen LogP contribution in [-0.2, 0) is 20.8 Å². The molecular weight excluding hydrogens is 308 g/mol. The molecule has 0 radical (unpaired) electrons. The summed E-state index contributed by atoms with van der Waals surface area (Å²) >= 11 is 3.44. The summed E-state index contributed by atoms with van der Waals surface area (Å²) in [4.78, 5) is 0. The largest absolute Gasteiger partial charge is 0.374 e. The molecule has 1 aliphatic heterocycles. The van der Waals surface area contributed by atoms with Gasteiger partial charge in [-0.25, -0.2) is 0 Å². The molecule has 2 aliphatic rings. The Bertz CT molecular complexity index is 402. The molecule has 3 nitrogen and oxygen atoms in total. The molecule has 1 heterocycles. The maximum atomic E-state index is 5.99. The quantitative estimate of drug-likeness (QED) is 0.848. The van der Waals surface area contributed by atoms with E-state index in [1.165, 1.54) is 5.56 Å². The van der Waals surface area contributed by atoms with Crippen molar-refractivity contribution >= 4 is 15.9 Å². The fourth-order valence-electron chi connectivity index (χ4n) is 2.78. The Kier molecular flexibility index (Phi) is 4.22. The minimum atomic E-state index is -0.280. The van der Waals surface area contributed by atoms with Crippen LogP contribution < -0.4 is 0 Å². The van der Waals surface area contributed by atoms with Crippen molar-refractivity contribution in [1.82, 2.24) is 0 Å². The van der Waals surface area contributed by atoms with Crippen molar-refractivity contribution in [3.05, 3.63) is 34.3 Å². The summed E-state index contributed by atoms with van der Waals surface area (Å²) < 4.78 is 18.5. The molecule has 1 aromatic rings. The van der Waals surface area contributed by atoms with Gasteiger partial charge in [-0.15, -0.1) is 0 Å². The lowest BCUT2D eigenvalue weighted by atomic mass is 9.92. The summed E-state index contributed by atoms with van der Waals surface area (Å²) in [5.74, 6) is -0.280. The van der Waals surface area contributed by atoms with Crippen molar-refractivity contribution in [2.45, 2.75) is 44.2 Å². The van der Waals surface area contributed by atoms with E-state index in [0.29, 0.717) is 12.7 Å². The molecule has 104 valence electrons. The van der Waals surface area contributed by atoms with Gasteiger partial charge >= 0.3 is 0 Å². The van der Waals surface area contributed by atoms with E-state index in [4.69, 9.17) is 14.2 Å². The van der Waals surface area contributed by atoms with Gasteiger partial charge < -0.3 is 14.2 Å². The van der Waals surface area contributed by atoms with Crippen molar-refractivity contribution in [1.29, 1.82) is 0 Å². The maximum absolute atomic E-state index is 5.99. The molecule has 1 spiro atoms. The van der Waals surface area contributed by atoms with Gasteiger partial charge in [0.15, 0.2) is 5.79 Å². The lowest BCUT2D eigenvalue weighted by Crippen LogP contribution is -2.37. The third-order valence-corrected chi connectivity index (χ3v) is 4.44. The smallest absolute Gasteiger partial charge is 0.168 e. The average Bonchev–Trinajstić information content (AvgIpc) is 2.89. The highest BCUT2D eigenvalue weighted by atomic mass is 79.9. The molecule has 0 unspecified atom stereocenters. The van der Waals surface area contributed by atoms with Gasteiger partial charge in [0.1, 0.15) is 0 Å². The highest BCUT2D eigenvalue weighted by Gasteiger charge is 2.40. The maximum Gasteiger partial charge on any atom is 0.168 e. The Morgan fingerprint density at radius 2 is 1.74 bits per heavy atom. The molecule has 0 atom stereocenters. The summed E-state index contributed by atoms with van der Waals surface area (Å²) in [6.45, 7) is 2.17. The fourth-order valence-corrected chi connectivity index (χ4v) is 3.04. The minimum absolute atomic E-state index is 0.280. The molecular formula is C15H19BrO3. The van der Waals surface area contributed by atoms with Crippen LogP contribution in [0, 0.1) is 0 Å². The zero-order valence-electron chi connectivity index (χ0n) is 10.9. The van der Waals surface area contributed by atoms with Crippen molar-refractivity contribution in [2.24, 2.45) is 0 Å². The second kappa shape index (κ2) is 5.92. The molecule has 1 aromatic carbocycles. The number of ether oxygens (including phenoxy) is 3. The van der Waals surface area contributed by atoms with E-state index in [1.807, 2.05) is 0 Å². The summed E-state index contributed by atoms with van der Waals surface area (Å²) in [7, 11) is 0. The Hall–Kier alpha value is -0.420. The van der Waals surface area contributed by atoms with Crippen LogP contribution >= 0.6 is 15.9 Å². The minimum Gasteiger partial charge on any atom is -0.374 e. The molecule has 1 saturated heterocycles. The molecule has 19 heavy (non-hydrogen) atoms. The molecule has 0 N–H and O–H groups in total. The lowest BCUT2D eigenvalue weighted by molar-refractivity contribution is -0.192. The summed E-state index contributed by atoms with van der Waals surface area (Å²) in [5.41, 5.74) is 1.22. The highest BCUT2D eigenvalue weighted by molar-refractivity contribution is 9.10. The molecule has 2 fully saturated rings. The normalized spacial score (nSPS) is 23.0. The Morgan fingerprint density at radius 1 is 1.11 bits per heavy atom. The molecule has 0 amide bonds. The first-order valence-corrected chi connectivity index (χ1v) is 7.69. The molecule has 0 bridgehead atoms. The predicted octanol–water partition coefficient (Wildman–Crippen LogP) is 3.65. The van der Waals surface area contributed by atoms with Crippen molar-refractivity contribution < 1.29 is 14.2 Å². The Labute approximate surface area is 122 Å². The zero-order chi connectivity index (χ0) is 13.1. The Morgan fingerprint density at radius 3 is 2.37 bits per heavy atom. The summed E-state index contributed by atoms with van der Waals surface area (Å²) in [6, 6.07) is 8.29. The first kappa shape index (κ1) is 13.6. The molecule has 0 aromatic heterocycles. The fraction of sp³-hybridized carbons (Fsp3) is 0.600. The van der Waals surface area contributed by atoms with Gasteiger partial charge in [0.05, 0.1) is 25.9 Å². The number of hydrogen-bond donors (Lipinski definition) is 0. The SMILES string of the molecule is Brc1ccc(COC2CCC3(CC2)OCCO3)cc1. The second-order valence-electron chi connectivity index (χ2n) is 5.24. The van der Waals surface area contributed by atoms with Gasteiger partial charge in [-0.3, -0.25) is 0 Å². The van der Waals surface area contributed by atoms with Gasteiger partial charge in [0.25, 0.3) is 0 Å².